The number of rotatable bonds is 7. The summed E-state index contributed by atoms with van der Waals surface area (Å²) in [5.74, 6) is -1.32. The summed E-state index contributed by atoms with van der Waals surface area (Å²) in [4.78, 5) is 36.2. The minimum atomic E-state index is -1.00. The van der Waals surface area contributed by atoms with Crippen molar-refractivity contribution in [3.63, 3.8) is 0 Å². The van der Waals surface area contributed by atoms with Crippen LogP contribution in [-0.2, 0) is 14.3 Å². The maximum atomic E-state index is 12.0. The van der Waals surface area contributed by atoms with Gasteiger partial charge >= 0.3 is 5.97 Å². The maximum absolute atomic E-state index is 12.0. The molecule has 0 saturated heterocycles. The summed E-state index contributed by atoms with van der Waals surface area (Å²) in [6, 6.07) is 9.97. The number of carbonyl (C=O) groups is 3. The molecular formula is C17H15Cl2NO4S. The number of Topliss-reactive ketones (excluding diaryl/α,β-unsaturated/α-hetero) is 1. The number of ketones is 1. The van der Waals surface area contributed by atoms with E-state index in [0.717, 1.165) is 11.3 Å². The van der Waals surface area contributed by atoms with Crippen LogP contribution in [0.5, 0.6) is 0 Å². The lowest BCUT2D eigenvalue weighted by Gasteiger charge is -2.14. The molecule has 1 N–H and O–H groups in total. The first kappa shape index (κ1) is 19.4. The second-order valence-corrected chi connectivity index (χ2v) is 7.25. The average molecular weight is 400 g/mol. The zero-order valence-corrected chi connectivity index (χ0v) is 15.6. The molecule has 0 aliphatic rings. The molecule has 5 nitrogen and oxygen atoms in total. The predicted octanol–water partition coefficient (Wildman–Crippen LogP) is 4.59. The van der Waals surface area contributed by atoms with Crippen molar-refractivity contribution in [3.8, 4) is 0 Å². The zero-order valence-electron chi connectivity index (χ0n) is 13.3. The van der Waals surface area contributed by atoms with Crippen LogP contribution in [0.3, 0.4) is 0 Å². The molecule has 2 aromatic rings. The van der Waals surface area contributed by atoms with E-state index in [1.807, 2.05) is 0 Å². The third-order valence-corrected chi connectivity index (χ3v) is 4.82. The summed E-state index contributed by atoms with van der Waals surface area (Å²) >= 11 is 12.9. The third-order valence-electron chi connectivity index (χ3n) is 3.21. The number of thiophene rings is 1. The van der Waals surface area contributed by atoms with Gasteiger partial charge in [0.15, 0.2) is 11.9 Å². The van der Waals surface area contributed by atoms with E-state index in [1.54, 1.807) is 36.4 Å². The lowest BCUT2D eigenvalue weighted by Crippen LogP contribution is -2.30. The van der Waals surface area contributed by atoms with Crippen molar-refractivity contribution < 1.29 is 19.1 Å². The minimum absolute atomic E-state index is 0.00543. The van der Waals surface area contributed by atoms with Crippen molar-refractivity contribution in [2.24, 2.45) is 0 Å². The first-order valence-electron chi connectivity index (χ1n) is 7.40. The van der Waals surface area contributed by atoms with Gasteiger partial charge < -0.3 is 10.1 Å². The molecule has 1 unspecified atom stereocenters. The molecule has 1 heterocycles. The Morgan fingerprint density at radius 2 is 1.84 bits per heavy atom. The van der Waals surface area contributed by atoms with Crippen molar-refractivity contribution in [1.82, 2.24) is 0 Å². The topological polar surface area (TPSA) is 72.5 Å². The normalized spacial score (nSPS) is 11.6. The third kappa shape index (κ3) is 5.85. The number of ether oxygens (including phenoxy) is 1. The van der Waals surface area contributed by atoms with Gasteiger partial charge in [0.25, 0.3) is 5.91 Å². The second kappa shape index (κ2) is 8.99. The minimum Gasteiger partial charge on any atom is -0.453 e. The number of hydrogen-bond acceptors (Lipinski definition) is 5. The molecule has 0 saturated carbocycles. The molecule has 1 aromatic heterocycles. The molecule has 8 heteroatoms. The molecule has 0 fully saturated rings. The fourth-order valence-electron chi connectivity index (χ4n) is 1.91. The van der Waals surface area contributed by atoms with Crippen molar-refractivity contribution in [3.05, 3.63) is 50.6 Å². The molecule has 1 amide bonds. The molecule has 0 spiro atoms. The number of hydrogen-bond donors (Lipinski definition) is 1. The summed E-state index contributed by atoms with van der Waals surface area (Å²) in [6.07, 6.45) is -1.12. The number of halogens is 2. The van der Waals surface area contributed by atoms with E-state index in [4.69, 9.17) is 27.9 Å². The van der Waals surface area contributed by atoms with Gasteiger partial charge in [0, 0.05) is 6.42 Å². The Hall–Kier alpha value is -1.89. The van der Waals surface area contributed by atoms with Crippen LogP contribution in [0.25, 0.3) is 0 Å². The first-order chi connectivity index (χ1) is 11.9. The van der Waals surface area contributed by atoms with Crippen LogP contribution in [0.4, 0.5) is 5.69 Å². The molecule has 0 bridgehead atoms. The van der Waals surface area contributed by atoms with Crippen LogP contribution in [-0.4, -0.2) is 23.8 Å². The van der Waals surface area contributed by atoms with E-state index in [9.17, 15) is 14.4 Å². The molecule has 25 heavy (non-hydrogen) atoms. The lowest BCUT2D eigenvalue weighted by atomic mass is 10.2. The number of benzene rings is 1. The summed E-state index contributed by atoms with van der Waals surface area (Å²) in [5, 5.41) is 2.96. The van der Waals surface area contributed by atoms with Gasteiger partial charge in [0.2, 0.25) is 0 Å². The molecule has 132 valence electrons. The van der Waals surface area contributed by atoms with E-state index in [-0.39, 0.29) is 18.6 Å². The van der Waals surface area contributed by atoms with Gasteiger partial charge in [-0.05, 0) is 31.2 Å². The van der Waals surface area contributed by atoms with Crippen molar-refractivity contribution in [2.75, 3.05) is 5.32 Å². The van der Waals surface area contributed by atoms with E-state index >= 15 is 0 Å². The van der Waals surface area contributed by atoms with Gasteiger partial charge in [0.1, 0.15) is 0 Å². The number of amides is 1. The van der Waals surface area contributed by atoms with Crippen LogP contribution >= 0.6 is 34.5 Å². The highest BCUT2D eigenvalue weighted by molar-refractivity contribution is 7.18. The Morgan fingerprint density at radius 1 is 1.12 bits per heavy atom. The summed E-state index contributed by atoms with van der Waals surface area (Å²) in [7, 11) is 0. The number of carbonyl (C=O) groups excluding carboxylic acids is 3. The van der Waals surface area contributed by atoms with Crippen LogP contribution in [0.1, 0.15) is 29.4 Å². The van der Waals surface area contributed by atoms with Crippen LogP contribution in [0.15, 0.2) is 36.4 Å². The van der Waals surface area contributed by atoms with E-state index in [2.05, 4.69) is 5.32 Å². The van der Waals surface area contributed by atoms with Crippen molar-refractivity contribution in [1.29, 1.82) is 0 Å². The standard InChI is InChI=1S/C17H15Cl2NO4S/c1-10(17(23)20-12-5-3-2-4-11(12)18)24-16(22)9-6-13(21)14-7-8-15(19)25-14/h2-5,7-8,10H,6,9H2,1H3,(H,20,23). The summed E-state index contributed by atoms with van der Waals surface area (Å²) in [6.45, 7) is 1.45. The maximum Gasteiger partial charge on any atom is 0.307 e. The molecular weight excluding hydrogens is 385 g/mol. The van der Waals surface area contributed by atoms with Crippen LogP contribution < -0.4 is 5.32 Å². The predicted molar refractivity (Wildman–Crippen MR) is 98.5 cm³/mol. The SMILES string of the molecule is CC(OC(=O)CCC(=O)c1ccc(Cl)s1)C(=O)Nc1ccccc1Cl. The van der Waals surface area contributed by atoms with Gasteiger partial charge in [-0.1, -0.05) is 35.3 Å². The van der Waals surface area contributed by atoms with Crippen LogP contribution in [0.2, 0.25) is 9.36 Å². The Morgan fingerprint density at radius 3 is 2.48 bits per heavy atom. The quantitative estimate of drug-likeness (QED) is 0.545. The first-order valence-corrected chi connectivity index (χ1v) is 8.97. The van der Waals surface area contributed by atoms with Crippen LogP contribution in [0, 0.1) is 0 Å². The Bertz CT molecular complexity index is 790. The monoisotopic (exact) mass is 399 g/mol. The molecule has 1 aromatic carbocycles. The van der Waals surface area contributed by atoms with E-state index < -0.39 is 18.0 Å². The average Bonchev–Trinajstić information content (AvgIpc) is 3.01. The molecule has 0 radical (unpaired) electrons. The highest BCUT2D eigenvalue weighted by Crippen LogP contribution is 2.23. The number of nitrogens with one attached hydrogen (secondary N) is 1. The lowest BCUT2D eigenvalue weighted by molar-refractivity contribution is -0.153. The Balaban J connectivity index is 1.80. The van der Waals surface area contributed by atoms with E-state index in [1.165, 1.54) is 6.92 Å². The van der Waals surface area contributed by atoms with Crippen molar-refractivity contribution in [2.45, 2.75) is 25.9 Å². The van der Waals surface area contributed by atoms with Crippen molar-refractivity contribution >= 4 is 57.9 Å². The molecule has 2 rings (SSSR count). The Kier molecular flexibility index (Phi) is 6.99. The number of anilines is 1. The van der Waals surface area contributed by atoms with E-state index in [0.29, 0.717) is 19.9 Å². The second-order valence-electron chi connectivity index (χ2n) is 5.13. The fraction of sp³-hybridized carbons (Fsp3) is 0.235. The molecule has 1 atom stereocenters. The number of esters is 1. The van der Waals surface area contributed by atoms with Gasteiger partial charge in [-0.15, -0.1) is 11.3 Å². The highest BCUT2D eigenvalue weighted by atomic mass is 35.5. The zero-order chi connectivity index (χ0) is 18.4. The van der Waals surface area contributed by atoms with Gasteiger partial charge in [-0.2, -0.15) is 0 Å². The largest absolute Gasteiger partial charge is 0.453 e. The molecule has 0 aliphatic carbocycles. The fourth-order valence-corrected chi connectivity index (χ4v) is 3.10. The van der Waals surface area contributed by atoms with Gasteiger partial charge in [0.05, 0.1) is 26.3 Å². The summed E-state index contributed by atoms with van der Waals surface area (Å²) < 4.78 is 5.56. The number of para-hydroxylation sites is 1. The highest BCUT2D eigenvalue weighted by Gasteiger charge is 2.20. The van der Waals surface area contributed by atoms with Gasteiger partial charge in [-0.25, -0.2) is 0 Å². The molecule has 0 aliphatic heterocycles. The summed E-state index contributed by atoms with van der Waals surface area (Å²) in [5.41, 5.74) is 0.432. The smallest absolute Gasteiger partial charge is 0.307 e. The van der Waals surface area contributed by atoms with Gasteiger partial charge in [-0.3, -0.25) is 14.4 Å². The Labute approximate surface area is 158 Å².